The highest BCUT2D eigenvalue weighted by molar-refractivity contribution is 5.99. The number of amides is 2. The number of fused-ring (bicyclic) bond motifs is 4. The maximum absolute atomic E-state index is 13.3. The highest BCUT2D eigenvalue weighted by atomic mass is 16.5. The lowest BCUT2D eigenvalue weighted by Crippen LogP contribution is -2.66. The Hall–Kier alpha value is -2.54. The van der Waals surface area contributed by atoms with E-state index in [0.717, 1.165) is 34.3 Å². The van der Waals surface area contributed by atoms with Crippen molar-refractivity contribution in [2.45, 2.75) is 64.3 Å². The Balaban J connectivity index is 1.82. The molecule has 0 spiro atoms. The van der Waals surface area contributed by atoms with E-state index in [1.165, 1.54) is 0 Å². The van der Waals surface area contributed by atoms with Crippen LogP contribution < -0.4 is 10.1 Å². The van der Waals surface area contributed by atoms with E-state index in [4.69, 9.17) is 4.74 Å². The molecule has 156 valence electrons. The van der Waals surface area contributed by atoms with Crippen molar-refractivity contribution in [3.05, 3.63) is 29.5 Å². The van der Waals surface area contributed by atoms with Crippen LogP contribution in [-0.4, -0.2) is 52.1 Å². The molecule has 1 fully saturated rings. The lowest BCUT2D eigenvalue weighted by atomic mass is 9.85. The SMILES string of the molecule is COc1ccc2c3c([nH]c2c1)[C@H](CC(C)C)N1C(=O)C(CC(C)O)NC(=O)[C@@H]1C3. The smallest absolute Gasteiger partial charge is 0.246 e. The molecule has 29 heavy (non-hydrogen) atoms. The van der Waals surface area contributed by atoms with Gasteiger partial charge >= 0.3 is 0 Å². The maximum Gasteiger partial charge on any atom is 0.246 e. The molecule has 4 atom stereocenters. The van der Waals surface area contributed by atoms with Crippen LogP contribution in [0.1, 0.15) is 50.9 Å². The minimum atomic E-state index is -0.681. The van der Waals surface area contributed by atoms with Crippen LogP contribution in [0.2, 0.25) is 0 Å². The summed E-state index contributed by atoms with van der Waals surface area (Å²) in [5.74, 6) is 0.862. The summed E-state index contributed by atoms with van der Waals surface area (Å²) in [7, 11) is 1.64. The van der Waals surface area contributed by atoms with Gasteiger partial charge < -0.3 is 25.0 Å². The summed E-state index contributed by atoms with van der Waals surface area (Å²) in [6.45, 7) is 5.88. The monoisotopic (exact) mass is 399 g/mol. The van der Waals surface area contributed by atoms with Crippen LogP contribution in [0.3, 0.4) is 0 Å². The van der Waals surface area contributed by atoms with Crippen molar-refractivity contribution in [3.8, 4) is 5.75 Å². The van der Waals surface area contributed by atoms with Gasteiger partial charge in [0.2, 0.25) is 11.8 Å². The fraction of sp³-hybridized carbons (Fsp3) is 0.545. The number of aromatic amines is 1. The van der Waals surface area contributed by atoms with Crippen LogP contribution in [0.25, 0.3) is 10.9 Å². The summed E-state index contributed by atoms with van der Waals surface area (Å²) in [5, 5.41) is 13.7. The fourth-order valence-electron chi connectivity index (χ4n) is 4.75. The van der Waals surface area contributed by atoms with Crippen LogP contribution in [0.5, 0.6) is 5.75 Å². The van der Waals surface area contributed by atoms with E-state index in [2.05, 4.69) is 24.1 Å². The first-order chi connectivity index (χ1) is 13.8. The number of carbonyl (C=O) groups is 2. The van der Waals surface area contributed by atoms with Crippen molar-refractivity contribution in [2.24, 2.45) is 5.92 Å². The third kappa shape index (κ3) is 3.37. The quantitative estimate of drug-likeness (QED) is 0.719. The summed E-state index contributed by atoms with van der Waals surface area (Å²) < 4.78 is 5.35. The number of H-pyrrole nitrogens is 1. The molecule has 3 heterocycles. The number of hydrogen-bond acceptors (Lipinski definition) is 4. The number of hydrogen-bond donors (Lipinski definition) is 3. The van der Waals surface area contributed by atoms with E-state index in [9.17, 15) is 14.7 Å². The second kappa shape index (κ2) is 7.37. The average Bonchev–Trinajstić information content (AvgIpc) is 3.02. The predicted molar refractivity (Wildman–Crippen MR) is 110 cm³/mol. The highest BCUT2D eigenvalue weighted by Crippen LogP contribution is 2.42. The minimum absolute atomic E-state index is 0.108. The number of piperazine rings is 1. The van der Waals surface area contributed by atoms with Crippen molar-refractivity contribution in [1.29, 1.82) is 0 Å². The van der Waals surface area contributed by atoms with E-state index in [1.54, 1.807) is 18.9 Å². The third-order valence-electron chi connectivity index (χ3n) is 5.99. The van der Waals surface area contributed by atoms with E-state index in [-0.39, 0.29) is 24.3 Å². The zero-order valence-electron chi connectivity index (χ0n) is 17.4. The second-order valence-electron chi connectivity index (χ2n) is 8.69. The zero-order valence-corrected chi connectivity index (χ0v) is 17.4. The summed E-state index contributed by atoms with van der Waals surface area (Å²) >= 11 is 0. The van der Waals surface area contributed by atoms with Gasteiger partial charge in [0.25, 0.3) is 0 Å². The average molecular weight is 399 g/mol. The number of nitrogens with zero attached hydrogens (tertiary/aromatic N) is 1. The molecule has 1 saturated heterocycles. The Kier molecular flexibility index (Phi) is 5.02. The standard InChI is InChI=1S/C22H29N3O4/c1-11(2)7-18-20-15(14-6-5-13(29-4)9-16(14)23-20)10-19-21(27)24-17(8-12(3)26)22(28)25(18)19/h5-6,9,11-12,17-19,23,26H,7-8,10H2,1-4H3,(H,24,27)/t12?,17?,18-,19-/m0/s1. The largest absolute Gasteiger partial charge is 0.497 e. The van der Waals surface area contributed by atoms with Gasteiger partial charge in [-0.05, 0) is 37.0 Å². The summed E-state index contributed by atoms with van der Waals surface area (Å²) in [6.07, 6.45) is 0.799. The van der Waals surface area contributed by atoms with Crippen molar-refractivity contribution >= 4 is 22.7 Å². The Labute approximate surface area is 170 Å². The van der Waals surface area contributed by atoms with Gasteiger partial charge in [-0.3, -0.25) is 9.59 Å². The summed E-state index contributed by atoms with van der Waals surface area (Å²) in [5.41, 5.74) is 3.07. The number of nitrogens with one attached hydrogen (secondary N) is 2. The van der Waals surface area contributed by atoms with Gasteiger partial charge in [-0.25, -0.2) is 0 Å². The molecule has 0 saturated carbocycles. The maximum atomic E-state index is 13.3. The van der Waals surface area contributed by atoms with E-state index in [1.807, 2.05) is 18.2 Å². The van der Waals surface area contributed by atoms with Crippen LogP contribution >= 0.6 is 0 Å². The molecule has 2 aliphatic heterocycles. The molecule has 2 unspecified atom stereocenters. The Morgan fingerprint density at radius 1 is 1.24 bits per heavy atom. The predicted octanol–water partition coefficient (Wildman–Crippen LogP) is 2.29. The van der Waals surface area contributed by atoms with Gasteiger partial charge in [-0.2, -0.15) is 0 Å². The topological polar surface area (TPSA) is 94.7 Å². The lowest BCUT2D eigenvalue weighted by molar-refractivity contribution is -0.154. The van der Waals surface area contributed by atoms with E-state index >= 15 is 0 Å². The Morgan fingerprint density at radius 3 is 2.66 bits per heavy atom. The van der Waals surface area contributed by atoms with Crippen LogP contribution in [-0.2, 0) is 16.0 Å². The minimum Gasteiger partial charge on any atom is -0.497 e. The third-order valence-corrected chi connectivity index (χ3v) is 5.99. The van der Waals surface area contributed by atoms with Crippen molar-refractivity contribution < 1.29 is 19.4 Å². The zero-order chi connectivity index (χ0) is 20.9. The molecule has 0 bridgehead atoms. The van der Waals surface area contributed by atoms with Crippen molar-refractivity contribution in [3.63, 3.8) is 0 Å². The number of aliphatic hydroxyl groups is 1. The molecule has 2 aromatic rings. The molecule has 7 nitrogen and oxygen atoms in total. The van der Waals surface area contributed by atoms with E-state index < -0.39 is 18.2 Å². The molecule has 7 heteroatoms. The first-order valence-corrected chi connectivity index (χ1v) is 10.3. The van der Waals surface area contributed by atoms with Gasteiger partial charge in [0.15, 0.2) is 0 Å². The number of benzene rings is 1. The highest BCUT2D eigenvalue weighted by Gasteiger charge is 2.48. The van der Waals surface area contributed by atoms with Crippen LogP contribution in [0, 0.1) is 5.92 Å². The van der Waals surface area contributed by atoms with E-state index in [0.29, 0.717) is 12.3 Å². The molecule has 2 amide bonds. The van der Waals surface area contributed by atoms with Gasteiger partial charge in [0, 0.05) is 35.5 Å². The van der Waals surface area contributed by atoms with Crippen LogP contribution in [0.15, 0.2) is 18.2 Å². The molecule has 3 N–H and O–H groups in total. The molecule has 0 aliphatic carbocycles. The lowest BCUT2D eigenvalue weighted by Gasteiger charge is -2.47. The van der Waals surface area contributed by atoms with Gasteiger partial charge in [0.1, 0.15) is 17.8 Å². The second-order valence-corrected chi connectivity index (χ2v) is 8.69. The normalized spacial score (nSPS) is 25.0. The molecule has 4 rings (SSSR count). The molecule has 2 aliphatic rings. The number of carbonyl (C=O) groups excluding carboxylic acids is 2. The summed E-state index contributed by atoms with van der Waals surface area (Å²) in [4.78, 5) is 31.6. The Morgan fingerprint density at radius 2 is 2.00 bits per heavy atom. The molecule has 0 radical (unpaired) electrons. The molecular weight excluding hydrogens is 370 g/mol. The first-order valence-electron chi connectivity index (χ1n) is 10.3. The van der Waals surface area contributed by atoms with Crippen molar-refractivity contribution in [2.75, 3.05) is 7.11 Å². The van der Waals surface area contributed by atoms with Gasteiger partial charge in [-0.1, -0.05) is 13.8 Å². The van der Waals surface area contributed by atoms with Gasteiger partial charge in [-0.15, -0.1) is 0 Å². The molecule has 1 aromatic heterocycles. The number of methoxy groups -OCH3 is 1. The number of aliphatic hydroxyl groups excluding tert-OH is 1. The molecule has 1 aromatic carbocycles. The number of ether oxygens (including phenoxy) is 1. The van der Waals surface area contributed by atoms with Crippen molar-refractivity contribution in [1.82, 2.24) is 15.2 Å². The summed E-state index contributed by atoms with van der Waals surface area (Å²) in [6, 6.07) is 4.49. The van der Waals surface area contributed by atoms with Gasteiger partial charge in [0.05, 0.1) is 19.3 Å². The molecular formula is C22H29N3O4. The Bertz CT molecular complexity index is 949. The number of aromatic nitrogens is 1. The van der Waals surface area contributed by atoms with Crippen LogP contribution in [0.4, 0.5) is 0 Å². The fourth-order valence-corrected chi connectivity index (χ4v) is 4.75. The first kappa shape index (κ1) is 19.8. The number of rotatable bonds is 5.